The van der Waals surface area contributed by atoms with Crippen molar-refractivity contribution >= 4 is 5.96 Å². The topological polar surface area (TPSA) is 30.9 Å². The second kappa shape index (κ2) is 8.37. The van der Waals surface area contributed by atoms with Crippen LogP contribution in [0.25, 0.3) is 0 Å². The SMILES string of the molecule is CN=C(NCCc1ccccc1)N1CCN(C(C)C(F)(F)F)CC1. The summed E-state index contributed by atoms with van der Waals surface area (Å²) in [6, 6.07) is 8.74. The molecule has 4 nitrogen and oxygen atoms in total. The lowest BCUT2D eigenvalue weighted by molar-refractivity contribution is -0.181. The van der Waals surface area contributed by atoms with Crippen molar-refractivity contribution in [3.63, 3.8) is 0 Å². The average molecular weight is 342 g/mol. The second-order valence-corrected chi connectivity index (χ2v) is 5.95. The van der Waals surface area contributed by atoms with Crippen LogP contribution in [0.5, 0.6) is 0 Å². The zero-order chi connectivity index (χ0) is 17.6. The molecule has 1 atom stereocenters. The number of nitrogens with one attached hydrogen (secondary N) is 1. The summed E-state index contributed by atoms with van der Waals surface area (Å²) in [5.74, 6) is 0.755. The maximum Gasteiger partial charge on any atom is 0.403 e. The number of benzene rings is 1. The Balaban J connectivity index is 1.79. The first-order chi connectivity index (χ1) is 11.4. The Hall–Kier alpha value is -1.76. The zero-order valence-electron chi connectivity index (χ0n) is 14.2. The Kier molecular flexibility index (Phi) is 6.48. The van der Waals surface area contributed by atoms with Crippen molar-refractivity contribution in [2.75, 3.05) is 39.8 Å². The maximum absolute atomic E-state index is 12.8. The van der Waals surface area contributed by atoms with Crippen LogP contribution in [-0.2, 0) is 6.42 Å². The van der Waals surface area contributed by atoms with Crippen LogP contribution in [0.2, 0.25) is 0 Å². The van der Waals surface area contributed by atoms with Crippen molar-refractivity contribution in [3.8, 4) is 0 Å². The van der Waals surface area contributed by atoms with E-state index in [4.69, 9.17) is 0 Å². The van der Waals surface area contributed by atoms with Crippen LogP contribution in [0.3, 0.4) is 0 Å². The van der Waals surface area contributed by atoms with Crippen LogP contribution >= 0.6 is 0 Å². The van der Waals surface area contributed by atoms with E-state index in [0.29, 0.717) is 26.2 Å². The van der Waals surface area contributed by atoms with Crippen LogP contribution < -0.4 is 5.32 Å². The number of halogens is 3. The molecule has 0 saturated carbocycles. The summed E-state index contributed by atoms with van der Waals surface area (Å²) in [7, 11) is 1.70. The summed E-state index contributed by atoms with van der Waals surface area (Å²) in [6.45, 7) is 3.84. The summed E-state index contributed by atoms with van der Waals surface area (Å²) in [5.41, 5.74) is 1.24. The van der Waals surface area contributed by atoms with Crippen molar-refractivity contribution in [2.24, 2.45) is 4.99 Å². The lowest BCUT2D eigenvalue weighted by atomic mass is 10.1. The Bertz CT molecular complexity index is 522. The molecule has 0 aromatic heterocycles. The van der Waals surface area contributed by atoms with Crippen molar-refractivity contribution in [1.29, 1.82) is 0 Å². The number of piperazine rings is 1. The lowest BCUT2D eigenvalue weighted by Crippen LogP contribution is -2.56. The third-order valence-corrected chi connectivity index (χ3v) is 4.39. The molecule has 1 aromatic rings. The average Bonchev–Trinajstić information content (AvgIpc) is 2.58. The minimum absolute atomic E-state index is 0.389. The summed E-state index contributed by atoms with van der Waals surface area (Å²) < 4.78 is 38.4. The van der Waals surface area contributed by atoms with Crippen LogP contribution in [0.1, 0.15) is 12.5 Å². The number of hydrogen-bond donors (Lipinski definition) is 1. The van der Waals surface area contributed by atoms with Gasteiger partial charge in [-0.05, 0) is 18.9 Å². The van der Waals surface area contributed by atoms with Gasteiger partial charge in [-0.2, -0.15) is 13.2 Å². The molecule has 1 aliphatic heterocycles. The van der Waals surface area contributed by atoms with Gasteiger partial charge in [0.1, 0.15) is 6.04 Å². The Morgan fingerprint density at radius 3 is 2.33 bits per heavy atom. The number of nitrogens with zero attached hydrogens (tertiary/aromatic N) is 3. The highest BCUT2D eigenvalue weighted by atomic mass is 19.4. The van der Waals surface area contributed by atoms with E-state index in [1.165, 1.54) is 17.4 Å². The van der Waals surface area contributed by atoms with E-state index in [1.54, 1.807) is 7.05 Å². The molecule has 1 fully saturated rings. The van der Waals surface area contributed by atoms with E-state index in [2.05, 4.69) is 22.4 Å². The van der Waals surface area contributed by atoms with Gasteiger partial charge in [0.15, 0.2) is 5.96 Å². The summed E-state index contributed by atoms with van der Waals surface area (Å²) in [4.78, 5) is 7.75. The van der Waals surface area contributed by atoms with E-state index in [-0.39, 0.29) is 0 Å². The first-order valence-electron chi connectivity index (χ1n) is 8.22. The van der Waals surface area contributed by atoms with Crippen LogP contribution in [-0.4, -0.2) is 67.7 Å². The fraction of sp³-hybridized carbons (Fsp3) is 0.588. The van der Waals surface area contributed by atoms with Gasteiger partial charge >= 0.3 is 6.18 Å². The zero-order valence-corrected chi connectivity index (χ0v) is 14.2. The molecule has 0 radical (unpaired) electrons. The molecule has 134 valence electrons. The van der Waals surface area contributed by atoms with E-state index in [0.717, 1.165) is 18.9 Å². The molecule has 0 aliphatic carbocycles. The fourth-order valence-electron chi connectivity index (χ4n) is 2.82. The number of hydrogen-bond acceptors (Lipinski definition) is 2. The van der Waals surface area contributed by atoms with E-state index >= 15 is 0 Å². The number of guanidine groups is 1. The monoisotopic (exact) mass is 342 g/mol. The predicted molar refractivity (Wildman–Crippen MR) is 90.2 cm³/mol. The van der Waals surface area contributed by atoms with E-state index in [1.807, 2.05) is 23.1 Å². The number of aliphatic imine (C=N–C) groups is 1. The van der Waals surface area contributed by atoms with Gasteiger partial charge in [0.05, 0.1) is 0 Å². The van der Waals surface area contributed by atoms with Crippen molar-refractivity contribution in [1.82, 2.24) is 15.1 Å². The molecule has 1 aliphatic rings. The largest absolute Gasteiger partial charge is 0.403 e. The molecule has 1 saturated heterocycles. The van der Waals surface area contributed by atoms with Crippen LogP contribution in [0, 0.1) is 0 Å². The molecule has 0 amide bonds. The highest BCUT2D eigenvalue weighted by molar-refractivity contribution is 5.80. The van der Waals surface area contributed by atoms with Gasteiger partial charge in [-0.25, -0.2) is 0 Å². The van der Waals surface area contributed by atoms with Gasteiger partial charge in [-0.3, -0.25) is 9.89 Å². The molecule has 1 aromatic carbocycles. The van der Waals surface area contributed by atoms with Gasteiger partial charge in [0.25, 0.3) is 0 Å². The first kappa shape index (κ1) is 18.6. The van der Waals surface area contributed by atoms with Gasteiger partial charge in [-0.15, -0.1) is 0 Å². The lowest BCUT2D eigenvalue weighted by Gasteiger charge is -2.39. The van der Waals surface area contributed by atoms with Crippen molar-refractivity contribution in [3.05, 3.63) is 35.9 Å². The normalized spacial score (nSPS) is 18.5. The molecule has 0 spiro atoms. The molecule has 7 heteroatoms. The number of alkyl halides is 3. The third kappa shape index (κ3) is 5.12. The van der Waals surface area contributed by atoms with Gasteiger partial charge in [0.2, 0.25) is 0 Å². The first-order valence-corrected chi connectivity index (χ1v) is 8.22. The standard InChI is InChI=1S/C17H25F3N4/c1-14(17(18,19)20)23-10-12-24(13-11-23)16(21-2)22-9-8-15-6-4-3-5-7-15/h3-7,14H,8-13H2,1-2H3,(H,21,22). The van der Waals surface area contributed by atoms with Gasteiger partial charge in [0, 0.05) is 39.8 Å². The second-order valence-electron chi connectivity index (χ2n) is 5.95. The highest BCUT2D eigenvalue weighted by Gasteiger charge is 2.41. The van der Waals surface area contributed by atoms with Crippen LogP contribution in [0.4, 0.5) is 13.2 Å². The van der Waals surface area contributed by atoms with Crippen LogP contribution in [0.15, 0.2) is 35.3 Å². The highest BCUT2D eigenvalue weighted by Crippen LogP contribution is 2.25. The Morgan fingerprint density at radius 1 is 1.17 bits per heavy atom. The minimum atomic E-state index is -4.17. The molecular weight excluding hydrogens is 317 g/mol. The maximum atomic E-state index is 12.8. The third-order valence-electron chi connectivity index (χ3n) is 4.39. The molecule has 1 heterocycles. The smallest absolute Gasteiger partial charge is 0.356 e. The predicted octanol–water partition coefficient (Wildman–Crippen LogP) is 2.37. The fourth-order valence-corrected chi connectivity index (χ4v) is 2.82. The molecular formula is C17H25F3N4. The molecule has 0 bridgehead atoms. The molecule has 2 rings (SSSR count). The minimum Gasteiger partial charge on any atom is -0.356 e. The van der Waals surface area contributed by atoms with Crippen molar-refractivity contribution < 1.29 is 13.2 Å². The quantitative estimate of drug-likeness (QED) is 0.673. The van der Waals surface area contributed by atoms with E-state index < -0.39 is 12.2 Å². The summed E-state index contributed by atoms with van der Waals surface area (Å²) >= 11 is 0. The summed E-state index contributed by atoms with van der Waals surface area (Å²) in [6.07, 6.45) is -3.29. The van der Waals surface area contributed by atoms with Gasteiger partial charge < -0.3 is 10.2 Å². The van der Waals surface area contributed by atoms with Crippen molar-refractivity contribution in [2.45, 2.75) is 25.6 Å². The van der Waals surface area contributed by atoms with Gasteiger partial charge in [-0.1, -0.05) is 30.3 Å². The number of rotatable bonds is 4. The Morgan fingerprint density at radius 2 is 1.79 bits per heavy atom. The summed E-state index contributed by atoms with van der Waals surface area (Å²) in [5, 5.41) is 3.30. The van der Waals surface area contributed by atoms with E-state index in [9.17, 15) is 13.2 Å². The molecule has 1 unspecified atom stereocenters. The Labute approximate surface area is 141 Å². The molecule has 1 N–H and O–H groups in total. The molecule has 24 heavy (non-hydrogen) atoms.